The molecule has 1 saturated heterocycles. The van der Waals surface area contributed by atoms with E-state index in [1.165, 1.54) is 29.8 Å². The maximum atomic E-state index is 6.04. The number of thioether (sulfide) groups is 1. The average molecular weight is 248 g/mol. The van der Waals surface area contributed by atoms with Crippen molar-refractivity contribution in [3.8, 4) is 0 Å². The van der Waals surface area contributed by atoms with Crippen molar-refractivity contribution in [1.29, 1.82) is 0 Å². The lowest BCUT2D eigenvalue weighted by atomic mass is 9.96. The van der Waals surface area contributed by atoms with E-state index in [4.69, 9.17) is 5.73 Å². The number of nitrogens with zero attached hydrogens (tertiary/aromatic N) is 1. The second-order valence-corrected chi connectivity index (χ2v) is 6.62. The summed E-state index contributed by atoms with van der Waals surface area (Å²) in [5.41, 5.74) is 9.86. The summed E-state index contributed by atoms with van der Waals surface area (Å²) in [5.74, 6) is 1.33. The van der Waals surface area contributed by atoms with Crippen LogP contribution in [0.5, 0.6) is 0 Å². The molecule has 0 radical (unpaired) electrons. The van der Waals surface area contributed by atoms with E-state index in [0.717, 1.165) is 29.9 Å². The van der Waals surface area contributed by atoms with Crippen LogP contribution in [-0.2, 0) is 13.0 Å². The van der Waals surface area contributed by atoms with Gasteiger partial charge in [-0.2, -0.15) is 11.8 Å². The van der Waals surface area contributed by atoms with Gasteiger partial charge in [-0.05, 0) is 35.8 Å². The summed E-state index contributed by atoms with van der Waals surface area (Å²) in [6.07, 6.45) is 2.47. The highest BCUT2D eigenvalue weighted by Crippen LogP contribution is 2.34. The van der Waals surface area contributed by atoms with Gasteiger partial charge in [0.05, 0.1) is 0 Å². The van der Waals surface area contributed by atoms with Crippen LogP contribution in [0.3, 0.4) is 0 Å². The number of anilines is 1. The minimum absolute atomic E-state index is 0.773. The van der Waals surface area contributed by atoms with Crippen molar-refractivity contribution in [2.75, 3.05) is 18.0 Å². The van der Waals surface area contributed by atoms with Gasteiger partial charge in [-0.25, -0.2) is 0 Å². The van der Waals surface area contributed by atoms with Gasteiger partial charge >= 0.3 is 0 Å². The van der Waals surface area contributed by atoms with Crippen LogP contribution in [0.2, 0.25) is 0 Å². The molecule has 17 heavy (non-hydrogen) atoms. The number of benzene rings is 1. The molecule has 2 aliphatic rings. The van der Waals surface area contributed by atoms with Crippen LogP contribution in [0, 0.1) is 0 Å². The highest BCUT2D eigenvalue weighted by Gasteiger charge is 2.31. The third kappa shape index (κ3) is 2.06. The van der Waals surface area contributed by atoms with Crippen LogP contribution < -0.4 is 5.73 Å². The predicted molar refractivity (Wildman–Crippen MR) is 75.3 cm³/mol. The third-order valence-corrected chi connectivity index (χ3v) is 5.45. The lowest BCUT2D eigenvalue weighted by Gasteiger charge is -2.35. The van der Waals surface area contributed by atoms with E-state index in [-0.39, 0.29) is 0 Å². The molecule has 0 amide bonds. The number of rotatable bonds is 1. The van der Waals surface area contributed by atoms with Crippen molar-refractivity contribution in [3.63, 3.8) is 0 Å². The van der Waals surface area contributed by atoms with E-state index < -0.39 is 0 Å². The summed E-state index contributed by atoms with van der Waals surface area (Å²) in [6.45, 7) is 4.64. The molecular weight excluding hydrogens is 228 g/mol. The Morgan fingerprint density at radius 2 is 2.29 bits per heavy atom. The molecule has 2 unspecified atom stereocenters. The van der Waals surface area contributed by atoms with Crippen molar-refractivity contribution in [2.45, 2.75) is 37.6 Å². The standard InChI is InChI=1S/C14H20N2S/c1-10-14(6-8-17-10)16-7-5-12-11(9-16)3-2-4-13(12)15/h2-4,10,14H,5-9,15H2,1H3. The van der Waals surface area contributed by atoms with Crippen LogP contribution in [0.4, 0.5) is 5.69 Å². The summed E-state index contributed by atoms with van der Waals surface area (Å²) >= 11 is 2.12. The molecule has 0 bridgehead atoms. The number of hydrogen-bond donors (Lipinski definition) is 1. The number of nitrogen functional groups attached to an aromatic ring is 1. The van der Waals surface area contributed by atoms with Gasteiger partial charge in [-0.3, -0.25) is 4.90 Å². The summed E-state index contributed by atoms with van der Waals surface area (Å²) in [4.78, 5) is 2.66. The predicted octanol–water partition coefficient (Wildman–Crippen LogP) is 2.52. The van der Waals surface area contributed by atoms with Crippen LogP contribution in [0.25, 0.3) is 0 Å². The average Bonchev–Trinajstić information content (AvgIpc) is 2.75. The van der Waals surface area contributed by atoms with E-state index in [2.05, 4.69) is 35.7 Å². The third-order valence-electron chi connectivity index (χ3n) is 4.14. The zero-order valence-electron chi connectivity index (χ0n) is 10.4. The van der Waals surface area contributed by atoms with Gasteiger partial charge in [-0.1, -0.05) is 19.1 Å². The zero-order chi connectivity index (χ0) is 11.8. The first-order valence-corrected chi connectivity index (χ1v) is 7.52. The lowest BCUT2D eigenvalue weighted by Crippen LogP contribution is -2.42. The molecule has 2 heterocycles. The molecule has 3 rings (SSSR count). The number of nitrogens with two attached hydrogens (primary N) is 1. The Balaban J connectivity index is 1.81. The Morgan fingerprint density at radius 3 is 3.06 bits per heavy atom. The lowest BCUT2D eigenvalue weighted by molar-refractivity contribution is 0.179. The van der Waals surface area contributed by atoms with Crippen molar-refractivity contribution >= 4 is 17.4 Å². The van der Waals surface area contributed by atoms with Gasteiger partial charge in [0.1, 0.15) is 0 Å². The van der Waals surface area contributed by atoms with Crippen molar-refractivity contribution < 1.29 is 0 Å². The summed E-state index contributed by atoms with van der Waals surface area (Å²) in [6, 6.07) is 7.13. The van der Waals surface area contributed by atoms with E-state index >= 15 is 0 Å². The molecule has 0 saturated carbocycles. The molecule has 2 N–H and O–H groups in total. The molecular formula is C14H20N2S. The normalized spacial score (nSPS) is 29.2. The summed E-state index contributed by atoms with van der Waals surface area (Å²) in [7, 11) is 0. The molecule has 0 spiro atoms. The fourth-order valence-corrected chi connectivity index (χ4v) is 4.42. The van der Waals surface area contributed by atoms with Crippen molar-refractivity contribution in [1.82, 2.24) is 4.90 Å². The smallest absolute Gasteiger partial charge is 0.0350 e. The Kier molecular flexibility index (Phi) is 3.05. The molecule has 1 aromatic carbocycles. The minimum atomic E-state index is 0.773. The highest BCUT2D eigenvalue weighted by molar-refractivity contribution is 8.00. The van der Waals surface area contributed by atoms with Crippen LogP contribution >= 0.6 is 11.8 Å². The molecule has 2 atom stereocenters. The van der Waals surface area contributed by atoms with Crippen molar-refractivity contribution in [3.05, 3.63) is 29.3 Å². The zero-order valence-corrected chi connectivity index (χ0v) is 11.2. The highest BCUT2D eigenvalue weighted by atomic mass is 32.2. The second-order valence-electron chi connectivity index (χ2n) is 5.14. The molecule has 3 heteroatoms. The Bertz CT molecular complexity index is 419. The monoisotopic (exact) mass is 248 g/mol. The number of hydrogen-bond acceptors (Lipinski definition) is 3. The Morgan fingerprint density at radius 1 is 1.41 bits per heavy atom. The summed E-state index contributed by atoms with van der Waals surface area (Å²) in [5, 5.41) is 0.789. The van der Waals surface area contributed by atoms with Gasteiger partial charge in [0, 0.05) is 30.1 Å². The van der Waals surface area contributed by atoms with Gasteiger partial charge < -0.3 is 5.73 Å². The molecule has 2 nitrogen and oxygen atoms in total. The SMILES string of the molecule is CC1SCCC1N1CCc2c(N)cccc2C1. The fraction of sp³-hybridized carbons (Fsp3) is 0.571. The second kappa shape index (κ2) is 4.54. The fourth-order valence-electron chi connectivity index (χ4n) is 3.14. The maximum absolute atomic E-state index is 6.04. The molecule has 0 aliphatic carbocycles. The Hall–Kier alpha value is -0.670. The maximum Gasteiger partial charge on any atom is 0.0350 e. The van der Waals surface area contributed by atoms with Gasteiger partial charge in [0.15, 0.2) is 0 Å². The first-order valence-electron chi connectivity index (χ1n) is 6.47. The first kappa shape index (κ1) is 11.4. The molecule has 2 aliphatic heterocycles. The van der Waals surface area contributed by atoms with Gasteiger partial charge in [0.25, 0.3) is 0 Å². The van der Waals surface area contributed by atoms with Crippen LogP contribution in [0.15, 0.2) is 18.2 Å². The van der Waals surface area contributed by atoms with E-state index in [0.29, 0.717) is 0 Å². The van der Waals surface area contributed by atoms with E-state index in [9.17, 15) is 0 Å². The molecule has 1 aromatic rings. The van der Waals surface area contributed by atoms with E-state index in [1.54, 1.807) is 0 Å². The van der Waals surface area contributed by atoms with Crippen molar-refractivity contribution in [2.24, 2.45) is 0 Å². The largest absolute Gasteiger partial charge is 0.398 e. The summed E-state index contributed by atoms with van der Waals surface area (Å²) < 4.78 is 0. The van der Waals surface area contributed by atoms with Gasteiger partial charge in [0.2, 0.25) is 0 Å². The first-order chi connectivity index (χ1) is 8.25. The topological polar surface area (TPSA) is 29.3 Å². The number of fused-ring (bicyclic) bond motifs is 1. The molecule has 0 aromatic heterocycles. The molecule has 92 valence electrons. The van der Waals surface area contributed by atoms with Crippen LogP contribution in [0.1, 0.15) is 24.5 Å². The van der Waals surface area contributed by atoms with Crippen LogP contribution in [-0.4, -0.2) is 28.5 Å². The molecule has 1 fully saturated rings. The minimum Gasteiger partial charge on any atom is -0.398 e. The van der Waals surface area contributed by atoms with E-state index in [1.807, 2.05) is 6.07 Å². The quantitative estimate of drug-likeness (QED) is 0.774. The van der Waals surface area contributed by atoms with Gasteiger partial charge in [-0.15, -0.1) is 0 Å². The Labute approximate surface area is 108 Å².